The van der Waals surface area contributed by atoms with Gasteiger partial charge in [-0.15, -0.1) is 0 Å². The number of rotatable bonds is 30. The minimum atomic E-state index is -1.83. The molecule has 0 spiro atoms. The summed E-state index contributed by atoms with van der Waals surface area (Å²) in [6, 6.07) is 7.49. The van der Waals surface area contributed by atoms with Gasteiger partial charge in [-0.25, -0.2) is 0 Å². The Bertz CT molecular complexity index is 990. The van der Waals surface area contributed by atoms with Gasteiger partial charge in [-0.2, -0.15) is 0 Å². The predicted octanol–water partition coefficient (Wildman–Crippen LogP) is 1.44. The molecule has 13 heteroatoms. The molecule has 0 amide bonds. The Hall–Kier alpha value is -1.30. The van der Waals surface area contributed by atoms with Crippen molar-refractivity contribution in [2.75, 3.05) is 33.0 Å². The van der Waals surface area contributed by atoms with Crippen molar-refractivity contribution >= 4 is 0 Å². The van der Waals surface area contributed by atoms with Crippen LogP contribution in [0, 0.1) is 0 Å². The summed E-state index contributed by atoms with van der Waals surface area (Å²) in [4.78, 5) is 0. The van der Waals surface area contributed by atoms with Gasteiger partial charge in [0, 0.05) is 26.1 Å². The van der Waals surface area contributed by atoms with E-state index in [1.165, 1.54) is 77.0 Å². The van der Waals surface area contributed by atoms with Crippen LogP contribution >= 0.6 is 0 Å². The summed E-state index contributed by atoms with van der Waals surface area (Å²) in [5, 5.41) is 94.7. The van der Waals surface area contributed by atoms with E-state index < -0.39 is 74.4 Å². The highest BCUT2D eigenvalue weighted by Gasteiger charge is 2.46. The SMILES string of the molecule is CCCCCCCCCCCCCCCCOCC(O)Cc1ccccc1CNC[C@H](O)[C@@H](O[C@H]1O[C@H](CO)[C@@H](O)[C@H](O)[C@H]1O)[C@H](O)[C@H](O)CO. The average molecular weight is 732 g/mol. The van der Waals surface area contributed by atoms with E-state index in [4.69, 9.17) is 14.2 Å². The van der Waals surface area contributed by atoms with E-state index in [-0.39, 0.29) is 19.7 Å². The van der Waals surface area contributed by atoms with E-state index in [1.807, 2.05) is 24.3 Å². The molecule has 1 heterocycles. The molecule has 1 saturated heterocycles. The lowest BCUT2D eigenvalue weighted by Gasteiger charge is -2.42. The van der Waals surface area contributed by atoms with Crippen LogP contribution in [0.15, 0.2) is 24.3 Å². The van der Waals surface area contributed by atoms with Gasteiger partial charge in [0.2, 0.25) is 0 Å². The number of benzene rings is 1. The van der Waals surface area contributed by atoms with E-state index in [0.29, 0.717) is 13.0 Å². The Labute approximate surface area is 304 Å². The molecule has 1 unspecified atom stereocenters. The van der Waals surface area contributed by atoms with Crippen molar-refractivity contribution in [2.45, 2.75) is 171 Å². The number of unbranched alkanes of at least 4 members (excludes halogenated alkanes) is 13. The summed E-state index contributed by atoms with van der Waals surface area (Å²) >= 11 is 0. The fourth-order valence-corrected chi connectivity index (χ4v) is 6.39. The third-order valence-corrected chi connectivity index (χ3v) is 9.63. The molecule has 1 aromatic rings. The fourth-order valence-electron chi connectivity index (χ4n) is 6.39. The second-order valence-corrected chi connectivity index (χ2v) is 14.0. The van der Waals surface area contributed by atoms with Gasteiger partial charge in [0.25, 0.3) is 0 Å². The molecule has 0 aromatic heterocycles. The first kappa shape index (κ1) is 45.9. The van der Waals surface area contributed by atoms with Crippen molar-refractivity contribution in [1.29, 1.82) is 0 Å². The van der Waals surface area contributed by atoms with Gasteiger partial charge in [0.15, 0.2) is 6.29 Å². The summed E-state index contributed by atoms with van der Waals surface area (Å²) < 4.78 is 16.7. The average Bonchev–Trinajstić information content (AvgIpc) is 3.13. The first-order valence-corrected chi connectivity index (χ1v) is 19.3. The number of hydrogen-bond acceptors (Lipinski definition) is 13. The molecule has 1 fully saturated rings. The van der Waals surface area contributed by atoms with Crippen molar-refractivity contribution in [3.8, 4) is 0 Å². The van der Waals surface area contributed by atoms with Crippen molar-refractivity contribution < 1.29 is 60.2 Å². The summed E-state index contributed by atoms with van der Waals surface area (Å²) in [7, 11) is 0. The Morgan fingerprint density at radius 3 is 1.86 bits per heavy atom. The number of ether oxygens (including phenoxy) is 3. The molecule has 10 atom stereocenters. The second kappa shape index (κ2) is 27.3. The minimum absolute atomic E-state index is 0.170. The van der Waals surface area contributed by atoms with Gasteiger partial charge in [-0.1, -0.05) is 115 Å². The quantitative estimate of drug-likeness (QED) is 0.0507. The zero-order chi connectivity index (χ0) is 37.4. The van der Waals surface area contributed by atoms with E-state index in [0.717, 1.165) is 24.0 Å². The van der Waals surface area contributed by atoms with Crippen molar-refractivity contribution in [1.82, 2.24) is 5.32 Å². The van der Waals surface area contributed by atoms with Gasteiger partial charge in [-0.05, 0) is 17.5 Å². The van der Waals surface area contributed by atoms with Gasteiger partial charge in [0.05, 0.1) is 32.0 Å². The molecule has 2 rings (SSSR count). The van der Waals surface area contributed by atoms with Crippen LogP contribution in [0.5, 0.6) is 0 Å². The van der Waals surface area contributed by atoms with Crippen LogP contribution < -0.4 is 5.32 Å². The van der Waals surface area contributed by atoms with Crippen molar-refractivity contribution in [3.63, 3.8) is 0 Å². The molecular formula is C38H69NO12. The molecule has 0 aliphatic carbocycles. The summed E-state index contributed by atoms with van der Waals surface area (Å²) in [6.45, 7) is 1.63. The van der Waals surface area contributed by atoms with Crippen LogP contribution in [0.25, 0.3) is 0 Å². The summed E-state index contributed by atoms with van der Waals surface area (Å²) in [5.41, 5.74) is 1.75. The summed E-state index contributed by atoms with van der Waals surface area (Å²) in [5.74, 6) is 0. The molecule has 1 aromatic carbocycles. The van der Waals surface area contributed by atoms with Crippen LogP contribution in [0.2, 0.25) is 0 Å². The third kappa shape index (κ3) is 17.6. The molecule has 0 saturated carbocycles. The lowest BCUT2D eigenvalue weighted by molar-refractivity contribution is -0.326. The highest BCUT2D eigenvalue weighted by Crippen LogP contribution is 2.25. The lowest BCUT2D eigenvalue weighted by Crippen LogP contribution is -2.61. The Kier molecular flexibility index (Phi) is 24.6. The van der Waals surface area contributed by atoms with Crippen molar-refractivity contribution in [3.05, 3.63) is 35.4 Å². The number of aliphatic hydroxyl groups excluding tert-OH is 9. The van der Waals surface area contributed by atoms with Gasteiger partial charge >= 0.3 is 0 Å². The zero-order valence-corrected chi connectivity index (χ0v) is 30.7. The van der Waals surface area contributed by atoms with Crippen LogP contribution in [-0.2, 0) is 27.2 Å². The maximum atomic E-state index is 10.9. The molecule has 298 valence electrons. The van der Waals surface area contributed by atoms with Gasteiger partial charge in [0.1, 0.15) is 42.7 Å². The molecule has 10 N–H and O–H groups in total. The van der Waals surface area contributed by atoms with Crippen molar-refractivity contribution in [2.24, 2.45) is 0 Å². The van der Waals surface area contributed by atoms with Crippen LogP contribution in [0.1, 0.15) is 108 Å². The molecule has 51 heavy (non-hydrogen) atoms. The summed E-state index contributed by atoms with van der Waals surface area (Å²) in [6.07, 6.45) is 2.95. The predicted molar refractivity (Wildman–Crippen MR) is 193 cm³/mol. The molecule has 0 radical (unpaired) electrons. The molecule has 1 aliphatic heterocycles. The smallest absolute Gasteiger partial charge is 0.187 e. The highest BCUT2D eigenvalue weighted by molar-refractivity contribution is 5.27. The maximum Gasteiger partial charge on any atom is 0.187 e. The number of nitrogens with one attached hydrogen (secondary N) is 1. The van der Waals surface area contributed by atoms with Crippen LogP contribution in [0.4, 0.5) is 0 Å². The monoisotopic (exact) mass is 731 g/mol. The third-order valence-electron chi connectivity index (χ3n) is 9.63. The zero-order valence-electron chi connectivity index (χ0n) is 30.7. The highest BCUT2D eigenvalue weighted by atomic mass is 16.7. The van der Waals surface area contributed by atoms with E-state index >= 15 is 0 Å². The Morgan fingerprint density at radius 1 is 0.725 bits per heavy atom. The molecule has 1 aliphatic rings. The van der Waals surface area contributed by atoms with E-state index in [9.17, 15) is 46.0 Å². The number of hydrogen-bond donors (Lipinski definition) is 10. The Morgan fingerprint density at radius 2 is 1.29 bits per heavy atom. The van der Waals surface area contributed by atoms with Gasteiger partial charge < -0.3 is 65.5 Å². The minimum Gasteiger partial charge on any atom is -0.394 e. The first-order chi connectivity index (χ1) is 24.6. The molecule has 0 bridgehead atoms. The standard InChI is InChI=1S/C38H69NO12/c1-2-3-4-5-6-7-8-9-10-11-12-13-14-17-20-49-26-29(42)21-27-18-15-16-19-28(27)22-39-23-30(43)37(33(45)31(44)24-40)51-38-36(48)35(47)34(46)32(25-41)50-38/h15-16,18-19,29-48H,2-14,17,20-26H2,1H3/t29?,30-,31+,32+,33+,34+,35-,36+,37+,38+/m0/s1. The topological polar surface area (TPSA) is 222 Å². The first-order valence-electron chi connectivity index (χ1n) is 19.3. The van der Waals surface area contributed by atoms with Crippen LogP contribution in [-0.4, -0.2) is 140 Å². The van der Waals surface area contributed by atoms with Gasteiger partial charge in [-0.3, -0.25) is 0 Å². The fraction of sp³-hybridized carbons (Fsp3) is 0.842. The molecule has 13 nitrogen and oxygen atoms in total. The normalized spacial score (nSPS) is 23.9. The Balaban J connectivity index is 1.71. The van der Waals surface area contributed by atoms with Crippen LogP contribution in [0.3, 0.4) is 0 Å². The maximum absolute atomic E-state index is 10.9. The molecular weight excluding hydrogens is 662 g/mol. The van der Waals surface area contributed by atoms with E-state index in [1.54, 1.807) is 0 Å². The van der Waals surface area contributed by atoms with E-state index in [2.05, 4.69) is 12.2 Å². The lowest BCUT2D eigenvalue weighted by atomic mass is 9.98. The second-order valence-electron chi connectivity index (χ2n) is 14.0. The number of aliphatic hydroxyl groups is 9. The largest absolute Gasteiger partial charge is 0.394 e.